The Labute approximate surface area is 144 Å². The van der Waals surface area contributed by atoms with Crippen LogP contribution in [0.1, 0.15) is 22.7 Å². The van der Waals surface area contributed by atoms with E-state index in [1.807, 2.05) is 13.8 Å². The van der Waals surface area contributed by atoms with Gasteiger partial charge in [0, 0.05) is 43.3 Å². The fourth-order valence-electron chi connectivity index (χ4n) is 2.49. The molecule has 1 aliphatic heterocycles. The quantitative estimate of drug-likeness (QED) is 0.753. The maximum atomic E-state index is 12.1. The van der Waals surface area contributed by atoms with Gasteiger partial charge in [0.25, 0.3) is 5.56 Å². The van der Waals surface area contributed by atoms with E-state index in [4.69, 9.17) is 0 Å². The highest BCUT2D eigenvalue weighted by Crippen LogP contribution is 2.25. The summed E-state index contributed by atoms with van der Waals surface area (Å²) < 4.78 is 0. The van der Waals surface area contributed by atoms with Gasteiger partial charge < -0.3 is 15.6 Å². The molecule has 1 aliphatic rings. The van der Waals surface area contributed by atoms with Crippen molar-refractivity contribution < 1.29 is 4.79 Å². The number of hydrogen-bond acceptors (Lipinski definition) is 5. The Kier molecular flexibility index (Phi) is 5.78. The van der Waals surface area contributed by atoms with Gasteiger partial charge in [-0.25, -0.2) is 4.98 Å². The summed E-state index contributed by atoms with van der Waals surface area (Å²) in [7, 11) is 0. The van der Waals surface area contributed by atoms with E-state index in [2.05, 4.69) is 20.6 Å². The molecule has 0 radical (unpaired) electrons. The lowest BCUT2D eigenvalue weighted by Gasteiger charge is -2.27. The van der Waals surface area contributed by atoms with E-state index < -0.39 is 0 Å². The van der Waals surface area contributed by atoms with Crippen molar-refractivity contribution in [1.82, 2.24) is 20.6 Å². The van der Waals surface area contributed by atoms with Gasteiger partial charge in [0.05, 0.1) is 5.39 Å². The van der Waals surface area contributed by atoms with Crippen LogP contribution in [0.3, 0.4) is 0 Å². The monoisotopic (exact) mass is 356 g/mol. The van der Waals surface area contributed by atoms with Crippen LogP contribution in [0.5, 0.6) is 0 Å². The molecular formula is C15H21ClN4O2S. The first-order chi connectivity index (χ1) is 10.5. The van der Waals surface area contributed by atoms with Crippen LogP contribution in [0, 0.1) is 19.8 Å². The molecule has 8 heteroatoms. The highest BCUT2D eigenvalue weighted by atomic mass is 35.5. The smallest absolute Gasteiger partial charge is 0.259 e. The number of thiophene rings is 1. The van der Waals surface area contributed by atoms with E-state index in [0.29, 0.717) is 30.0 Å². The molecule has 2 aromatic heterocycles. The van der Waals surface area contributed by atoms with Crippen molar-refractivity contribution in [2.75, 3.05) is 19.6 Å². The minimum atomic E-state index is -0.109. The Balaban J connectivity index is 0.00000192. The number of halogens is 1. The third-order valence-electron chi connectivity index (χ3n) is 4.13. The van der Waals surface area contributed by atoms with Gasteiger partial charge >= 0.3 is 0 Å². The normalized spacial score (nSPS) is 14.3. The third kappa shape index (κ3) is 3.91. The van der Waals surface area contributed by atoms with Crippen molar-refractivity contribution in [3.8, 4) is 0 Å². The Morgan fingerprint density at radius 3 is 2.78 bits per heavy atom. The number of nitrogens with one attached hydrogen (secondary N) is 3. The summed E-state index contributed by atoms with van der Waals surface area (Å²) in [5.41, 5.74) is 0.884. The van der Waals surface area contributed by atoms with Crippen LogP contribution in [-0.2, 0) is 11.2 Å². The number of amides is 1. The number of aromatic nitrogens is 2. The van der Waals surface area contributed by atoms with Gasteiger partial charge in [0.1, 0.15) is 10.7 Å². The zero-order valence-electron chi connectivity index (χ0n) is 13.2. The lowest BCUT2D eigenvalue weighted by molar-refractivity contribution is -0.121. The Morgan fingerprint density at radius 1 is 1.39 bits per heavy atom. The van der Waals surface area contributed by atoms with Gasteiger partial charge in [-0.15, -0.1) is 23.7 Å². The van der Waals surface area contributed by atoms with Gasteiger partial charge in [-0.1, -0.05) is 0 Å². The van der Waals surface area contributed by atoms with Crippen LogP contribution in [0.2, 0.25) is 0 Å². The first-order valence-corrected chi connectivity index (χ1v) is 8.32. The fraction of sp³-hybridized carbons (Fsp3) is 0.533. The zero-order valence-corrected chi connectivity index (χ0v) is 14.8. The molecule has 1 amide bonds. The topological polar surface area (TPSA) is 86.9 Å². The molecule has 0 aromatic carbocycles. The van der Waals surface area contributed by atoms with Crippen LogP contribution in [-0.4, -0.2) is 35.5 Å². The molecule has 0 atom stereocenters. The molecule has 3 rings (SSSR count). The molecule has 0 spiro atoms. The first kappa shape index (κ1) is 17.9. The molecule has 1 fully saturated rings. The second-order valence-electron chi connectivity index (χ2n) is 5.80. The lowest BCUT2D eigenvalue weighted by Crippen LogP contribution is -2.48. The number of H-pyrrole nitrogens is 1. The third-order valence-corrected chi connectivity index (χ3v) is 5.23. The molecule has 0 bridgehead atoms. The van der Waals surface area contributed by atoms with Crippen LogP contribution in [0.4, 0.5) is 0 Å². The highest BCUT2D eigenvalue weighted by Gasteiger charge is 2.17. The SMILES string of the molecule is Cc1sc2nc(CCC(=O)NCC3CNC3)[nH]c(=O)c2c1C.Cl. The highest BCUT2D eigenvalue weighted by molar-refractivity contribution is 7.18. The number of fused-ring (bicyclic) bond motifs is 1. The Morgan fingerprint density at radius 2 is 2.13 bits per heavy atom. The fourth-order valence-corrected chi connectivity index (χ4v) is 3.54. The molecule has 3 N–H and O–H groups in total. The molecular weight excluding hydrogens is 336 g/mol. The predicted octanol–water partition coefficient (Wildman–Crippen LogP) is 1.29. The molecule has 126 valence electrons. The van der Waals surface area contributed by atoms with Crippen molar-refractivity contribution in [3.05, 3.63) is 26.6 Å². The molecule has 3 heterocycles. The average Bonchev–Trinajstić information content (AvgIpc) is 2.70. The number of aryl methyl sites for hydroxylation is 3. The van der Waals surface area contributed by atoms with Crippen molar-refractivity contribution in [3.63, 3.8) is 0 Å². The molecule has 0 aliphatic carbocycles. The molecule has 0 unspecified atom stereocenters. The number of carbonyl (C=O) groups excluding carboxylic acids is 1. The van der Waals surface area contributed by atoms with Crippen molar-refractivity contribution in [2.45, 2.75) is 26.7 Å². The van der Waals surface area contributed by atoms with Crippen molar-refractivity contribution in [1.29, 1.82) is 0 Å². The number of rotatable bonds is 5. The predicted molar refractivity (Wildman–Crippen MR) is 94.7 cm³/mol. The molecule has 6 nitrogen and oxygen atoms in total. The van der Waals surface area contributed by atoms with E-state index in [1.54, 1.807) is 0 Å². The van der Waals surface area contributed by atoms with Gasteiger partial charge in [0.15, 0.2) is 0 Å². The molecule has 0 saturated carbocycles. The Bertz CT molecular complexity index is 767. The van der Waals surface area contributed by atoms with Gasteiger partial charge in [-0.2, -0.15) is 0 Å². The summed E-state index contributed by atoms with van der Waals surface area (Å²) in [5, 5.41) is 6.77. The minimum absolute atomic E-state index is 0. The van der Waals surface area contributed by atoms with Gasteiger partial charge in [0.2, 0.25) is 5.91 Å². The Hall–Kier alpha value is -1.44. The average molecular weight is 357 g/mol. The van der Waals surface area contributed by atoms with E-state index in [0.717, 1.165) is 34.9 Å². The summed E-state index contributed by atoms with van der Waals surface area (Å²) in [6.07, 6.45) is 0.799. The number of carbonyl (C=O) groups is 1. The van der Waals surface area contributed by atoms with E-state index in [1.165, 1.54) is 11.3 Å². The number of aromatic amines is 1. The molecule has 23 heavy (non-hydrogen) atoms. The summed E-state index contributed by atoms with van der Waals surface area (Å²) in [4.78, 5) is 33.1. The first-order valence-electron chi connectivity index (χ1n) is 7.51. The van der Waals surface area contributed by atoms with Crippen LogP contribution < -0.4 is 16.2 Å². The second-order valence-corrected chi connectivity index (χ2v) is 7.01. The second kappa shape index (κ2) is 7.42. The van der Waals surface area contributed by atoms with Crippen molar-refractivity contribution in [2.24, 2.45) is 5.92 Å². The molecule has 2 aromatic rings. The molecule has 1 saturated heterocycles. The largest absolute Gasteiger partial charge is 0.356 e. The van der Waals surface area contributed by atoms with Gasteiger partial charge in [-0.05, 0) is 19.4 Å². The summed E-state index contributed by atoms with van der Waals surface area (Å²) in [6, 6.07) is 0. The standard InChI is InChI=1S/C15H20N4O2S.ClH/c1-8-9(2)22-15-13(8)14(21)18-11(19-15)3-4-12(20)17-7-10-5-16-6-10;/h10,16H,3-7H2,1-2H3,(H,17,20)(H,18,19,21);1H. The van der Waals surface area contributed by atoms with E-state index in [-0.39, 0.29) is 23.9 Å². The zero-order chi connectivity index (χ0) is 15.7. The maximum Gasteiger partial charge on any atom is 0.259 e. The van der Waals surface area contributed by atoms with E-state index in [9.17, 15) is 9.59 Å². The summed E-state index contributed by atoms with van der Waals surface area (Å²) in [5.74, 6) is 1.14. The maximum absolute atomic E-state index is 12.1. The number of hydrogen-bond donors (Lipinski definition) is 3. The summed E-state index contributed by atoms with van der Waals surface area (Å²) >= 11 is 1.53. The van der Waals surface area contributed by atoms with E-state index >= 15 is 0 Å². The van der Waals surface area contributed by atoms with Crippen LogP contribution in [0.15, 0.2) is 4.79 Å². The van der Waals surface area contributed by atoms with Crippen molar-refractivity contribution >= 4 is 39.9 Å². The summed E-state index contributed by atoms with van der Waals surface area (Å²) in [6.45, 7) is 6.60. The lowest BCUT2D eigenvalue weighted by atomic mass is 10.0. The van der Waals surface area contributed by atoms with Crippen LogP contribution >= 0.6 is 23.7 Å². The minimum Gasteiger partial charge on any atom is -0.356 e. The van der Waals surface area contributed by atoms with Gasteiger partial charge in [-0.3, -0.25) is 9.59 Å². The number of nitrogens with zero attached hydrogens (tertiary/aromatic N) is 1. The van der Waals surface area contributed by atoms with Crippen LogP contribution in [0.25, 0.3) is 10.2 Å².